The third kappa shape index (κ3) is 7.94. The number of rotatable bonds is 13. The van der Waals surface area contributed by atoms with Gasteiger partial charge in [-0.3, -0.25) is 9.56 Å². The van der Waals surface area contributed by atoms with Crippen LogP contribution in [-0.2, 0) is 25.2 Å². The number of benzene rings is 1. The van der Waals surface area contributed by atoms with E-state index in [1.807, 2.05) is 42.6 Å². The highest BCUT2D eigenvalue weighted by Crippen LogP contribution is 2.47. The first kappa shape index (κ1) is 36.0. The van der Waals surface area contributed by atoms with Crippen molar-refractivity contribution in [2.75, 3.05) is 41.2 Å². The van der Waals surface area contributed by atoms with Gasteiger partial charge in [-0.05, 0) is 93.2 Å². The molecule has 8 rings (SSSR count). The second-order valence-electron chi connectivity index (χ2n) is 16.0. The van der Waals surface area contributed by atoms with E-state index in [-0.39, 0.29) is 12.0 Å². The Balaban J connectivity index is 0.832. The Hall–Kier alpha value is -4.04. The Morgan fingerprint density at radius 3 is 2.00 bits per heavy atom. The van der Waals surface area contributed by atoms with Crippen LogP contribution in [0.25, 0.3) is 22.1 Å². The quantitative estimate of drug-likeness (QED) is 0.113. The number of hydrogen-bond acceptors (Lipinski definition) is 10. The topological polar surface area (TPSA) is 161 Å². The SMILES string of the molecule is CN(c1ncnc2[nH]ccc12)C1CCC(CS(=N)(=O)CC2CC2n2ccc3c(N(C)C4CCC(C[S@@](=N)(=O)Cc5ccccc5)CC4)ncnc32)CC1. The summed E-state index contributed by atoms with van der Waals surface area (Å²) in [6.45, 7) is 0. The van der Waals surface area contributed by atoms with Gasteiger partial charge in [-0.15, -0.1) is 0 Å². The van der Waals surface area contributed by atoms with Gasteiger partial charge in [0.15, 0.2) is 0 Å². The molecule has 12 nitrogen and oxygen atoms in total. The van der Waals surface area contributed by atoms with E-state index in [0.29, 0.717) is 46.9 Å². The van der Waals surface area contributed by atoms with Gasteiger partial charge in [-0.2, -0.15) is 0 Å². The number of nitrogens with one attached hydrogen (secondary N) is 3. The van der Waals surface area contributed by atoms with Crippen molar-refractivity contribution in [3.05, 3.63) is 73.1 Å². The lowest BCUT2D eigenvalue weighted by Crippen LogP contribution is -2.37. The molecule has 14 heteroatoms. The minimum absolute atomic E-state index is 0.209. The zero-order chi connectivity index (χ0) is 36.7. The fraction of sp³-hybridized carbons (Fsp3) is 0.538. The molecule has 5 aromatic rings. The smallest absolute Gasteiger partial charge is 0.145 e. The summed E-state index contributed by atoms with van der Waals surface area (Å²) in [5.74, 6) is 4.44. The molecular weight excluding hydrogens is 705 g/mol. The van der Waals surface area contributed by atoms with Crippen LogP contribution in [0.4, 0.5) is 11.6 Å². The van der Waals surface area contributed by atoms with Gasteiger partial charge in [0, 0.05) is 81.3 Å². The largest absolute Gasteiger partial charge is 0.356 e. The highest BCUT2D eigenvalue weighted by atomic mass is 32.2. The molecule has 1 aromatic carbocycles. The van der Waals surface area contributed by atoms with Crippen molar-refractivity contribution in [2.45, 2.75) is 81.7 Å². The maximum Gasteiger partial charge on any atom is 0.145 e. The first-order valence-corrected chi connectivity index (χ1v) is 22.9. The van der Waals surface area contributed by atoms with Crippen LogP contribution < -0.4 is 9.80 Å². The summed E-state index contributed by atoms with van der Waals surface area (Å²) < 4.78 is 46.5. The van der Waals surface area contributed by atoms with Crippen molar-refractivity contribution in [3.63, 3.8) is 0 Å². The first-order valence-electron chi connectivity index (χ1n) is 19.1. The minimum Gasteiger partial charge on any atom is -0.356 e. The molecule has 282 valence electrons. The zero-order valence-corrected chi connectivity index (χ0v) is 32.4. The minimum atomic E-state index is -2.70. The first-order chi connectivity index (χ1) is 25.5. The molecule has 4 aromatic heterocycles. The van der Waals surface area contributed by atoms with Crippen LogP contribution in [0.3, 0.4) is 0 Å². The second kappa shape index (κ2) is 14.7. The molecule has 0 amide bonds. The molecule has 0 aliphatic heterocycles. The van der Waals surface area contributed by atoms with E-state index >= 15 is 0 Å². The van der Waals surface area contributed by atoms with E-state index in [9.17, 15) is 8.42 Å². The summed E-state index contributed by atoms with van der Waals surface area (Å²) in [6.07, 6.45) is 16.0. The van der Waals surface area contributed by atoms with Crippen molar-refractivity contribution in [2.24, 2.45) is 17.8 Å². The van der Waals surface area contributed by atoms with Crippen LogP contribution in [-0.4, -0.2) is 81.3 Å². The van der Waals surface area contributed by atoms with Crippen molar-refractivity contribution in [1.29, 1.82) is 9.56 Å². The molecule has 0 radical (unpaired) electrons. The van der Waals surface area contributed by atoms with Gasteiger partial charge in [0.2, 0.25) is 0 Å². The Morgan fingerprint density at radius 2 is 1.34 bits per heavy atom. The van der Waals surface area contributed by atoms with Crippen LogP contribution in [0.5, 0.6) is 0 Å². The molecule has 0 bridgehead atoms. The predicted molar refractivity (Wildman–Crippen MR) is 213 cm³/mol. The number of H-pyrrole nitrogens is 1. The van der Waals surface area contributed by atoms with Crippen molar-refractivity contribution in [3.8, 4) is 0 Å². The van der Waals surface area contributed by atoms with Gasteiger partial charge < -0.3 is 19.4 Å². The average Bonchev–Trinajstić information content (AvgIpc) is 3.50. The third-order valence-electron chi connectivity index (χ3n) is 12.2. The number of nitrogens with zero attached hydrogens (tertiary/aromatic N) is 7. The summed E-state index contributed by atoms with van der Waals surface area (Å²) in [5.41, 5.74) is 2.72. The maximum atomic E-state index is 13.7. The lowest BCUT2D eigenvalue weighted by Gasteiger charge is -2.35. The number of aromatic nitrogens is 6. The van der Waals surface area contributed by atoms with Gasteiger partial charge in [-0.1, -0.05) is 30.3 Å². The number of aromatic amines is 1. The third-order valence-corrected chi connectivity index (χ3v) is 16.0. The molecule has 3 N–H and O–H groups in total. The van der Waals surface area contributed by atoms with Crippen molar-refractivity contribution >= 4 is 53.2 Å². The zero-order valence-electron chi connectivity index (χ0n) is 30.8. The van der Waals surface area contributed by atoms with Gasteiger partial charge in [0.25, 0.3) is 0 Å². The number of fused-ring (bicyclic) bond motifs is 2. The van der Waals surface area contributed by atoms with Crippen LogP contribution >= 0.6 is 0 Å². The Bertz CT molecular complexity index is 2260. The molecule has 3 aliphatic rings. The van der Waals surface area contributed by atoms with Crippen LogP contribution in [0.15, 0.2) is 67.5 Å². The molecule has 3 aliphatic carbocycles. The van der Waals surface area contributed by atoms with E-state index < -0.39 is 19.5 Å². The molecule has 0 spiro atoms. The average molecular weight is 757 g/mol. The van der Waals surface area contributed by atoms with E-state index in [2.05, 4.69) is 55.7 Å². The van der Waals surface area contributed by atoms with E-state index in [1.54, 1.807) is 12.7 Å². The fourth-order valence-corrected chi connectivity index (χ4v) is 13.4. The Kier molecular flexibility index (Phi) is 9.94. The summed E-state index contributed by atoms with van der Waals surface area (Å²) in [7, 11) is -1.14. The molecule has 53 heavy (non-hydrogen) atoms. The lowest BCUT2D eigenvalue weighted by atomic mass is 9.86. The van der Waals surface area contributed by atoms with Gasteiger partial charge in [0.1, 0.15) is 35.6 Å². The Labute approximate surface area is 313 Å². The molecule has 3 fully saturated rings. The molecule has 0 saturated heterocycles. The number of anilines is 2. The lowest BCUT2D eigenvalue weighted by molar-refractivity contribution is 0.342. The fourth-order valence-electron chi connectivity index (χ4n) is 9.22. The van der Waals surface area contributed by atoms with E-state index in [1.165, 1.54) is 0 Å². The highest BCUT2D eigenvalue weighted by Gasteiger charge is 2.42. The molecule has 3 unspecified atom stereocenters. The normalized spacial score (nSPS) is 26.9. The summed E-state index contributed by atoms with van der Waals surface area (Å²) >= 11 is 0. The van der Waals surface area contributed by atoms with Gasteiger partial charge >= 0.3 is 0 Å². The molecule has 3 saturated carbocycles. The Morgan fingerprint density at radius 1 is 0.736 bits per heavy atom. The van der Waals surface area contributed by atoms with E-state index in [0.717, 1.165) is 97.1 Å². The predicted octanol–water partition coefficient (Wildman–Crippen LogP) is 7.25. The monoisotopic (exact) mass is 756 g/mol. The molecular formula is C39H52N10O2S2. The summed E-state index contributed by atoms with van der Waals surface area (Å²) in [4.78, 5) is 26.0. The number of hydrogen-bond donors (Lipinski definition) is 3. The van der Waals surface area contributed by atoms with Crippen LogP contribution in [0, 0.1) is 27.3 Å². The van der Waals surface area contributed by atoms with Crippen molar-refractivity contribution in [1.82, 2.24) is 29.5 Å². The van der Waals surface area contributed by atoms with Gasteiger partial charge in [-0.25, -0.2) is 28.4 Å². The van der Waals surface area contributed by atoms with Gasteiger partial charge in [0.05, 0.1) is 16.5 Å². The molecule has 4 heterocycles. The maximum absolute atomic E-state index is 13.7. The van der Waals surface area contributed by atoms with E-state index in [4.69, 9.17) is 19.5 Å². The summed E-state index contributed by atoms with van der Waals surface area (Å²) in [6, 6.07) is 14.8. The standard InChI is InChI=1S/C39H52N10O2S2/c1-47(37-33-16-18-42-36(33)43-25-44-37)31-12-10-29(11-13-31)23-53(41,51)24-30-20-35(30)49-19-17-34-38(45-26-46-39(34)49)48(2)32-14-8-28(9-15-32)22-52(40,50)21-27-6-4-3-5-7-27/h3-7,16-19,25-26,28-32,35,40-41H,8-15,20-24H2,1-2H3,(H,42,43,44)/t28?,29?,30?,31?,32?,35?,52-,53?/m0/s1. The summed E-state index contributed by atoms with van der Waals surface area (Å²) in [5, 5.41) is 2.05. The van der Waals surface area contributed by atoms with Crippen LogP contribution in [0.2, 0.25) is 0 Å². The van der Waals surface area contributed by atoms with Crippen molar-refractivity contribution < 1.29 is 8.42 Å². The van der Waals surface area contributed by atoms with Crippen LogP contribution in [0.1, 0.15) is 69.4 Å². The second-order valence-corrected chi connectivity index (χ2v) is 20.5. The highest BCUT2D eigenvalue weighted by molar-refractivity contribution is 7.92. The molecule has 4 atom stereocenters.